The first-order valence-electron chi connectivity index (χ1n) is 11.4. The molecule has 9 nitrogen and oxygen atoms in total. The summed E-state index contributed by atoms with van der Waals surface area (Å²) in [6.45, 7) is 1.47. The molecule has 0 radical (unpaired) electrons. The number of anilines is 4. The summed E-state index contributed by atoms with van der Waals surface area (Å²) in [7, 11) is 0. The molecule has 0 aliphatic carbocycles. The maximum absolute atomic E-state index is 13.0. The molecule has 0 saturated carbocycles. The molecule has 4 aromatic carbocycles. The zero-order valence-electron chi connectivity index (χ0n) is 19.9. The molecule has 0 saturated heterocycles. The molecule has 3 N–H and O–H groups in total. The fraction of sp³-hybridized carbons (Fsp3) is 0.0714. The van der Waals surface area contributed by atoms with Gasteiger partial charge in [0.05, 0.1) is 16.2 Å². The lowest BCUT2D eigenvalue weighted by Gasteiger charge is -2.16. The molecule has 0 heterocycles. The summed E-state index contributed by atoms with van der Waals surface area (Å²) in [4.78, 5) is 36.4. The topological polar surface area (TPSA) is 123 Å². The van der Waals surface area contributed by atoms with Crippen LogP contribution in [0.2, 0.25) is 0 Å². The van der Waals surface area contributed by atoms with Crippen molar-refractivity contribution in [3.8, 4) is 5.75 Å². The Kier molecular flexibility index (Phi) is 7.75. The van der Waals surface area contributed by atoms with E-state index < -0.39 is 22.8 Å². The van der Waals surface area contributed by atoms with Crippen LogP contribution in [0.15, 0.2) is 103 Å². The van der Waals surface area contributed by atoms with Crippen LogP contribution in [0.1, 0.15) is 17.3 Å². The number of hydrogen-bond donors (Lipinski definition) is 3. The zero-order valence-corrected chi connectivity index (χ0v) is 19.9. The normalized spacial score (nSPS) is 11.2. The second kappa shape index (κ2) is 11.5. The number of carbonyl (C=O) groups is 2. The highest BCUT2D eigenvalue weighted by molar-refractivity contribution is 6.10. The first-order valence-corrected chi connectivity index (χ1v) is 11.4. The van der Waals surface area contributed by atoms with E-state index in [1.165, 1.54) is 25.1 Å². The number of hydrogen-bond acceptors (Lipinski definition) is 6. The van der Waals surface area contributed by atoms with Gasteiger partial charge in [-0.05, 0) is 61.5 Å². The van der Waals surface area contributed by atoms with Crippen LogP contribution in [-0.2, 0) is 4.79 Å². The van der Waals surface area contributed by atoms with Crippen molar-refractivity contribution in [1.29, 1.82) is 0 Å². The molecule has 0 bridgehead atoms. The minimum Gasteiger partial charge on any atom is -0.474 e. The number of nitro benzene ring substituents is 1. The second-order valence-electron chi connectivity index (χ2n) is 8.04. The van der Waals surface area contributed by atoms with Crippen molar-refractivity contribution in [2.45, 2.75) is 13.0 Å². The Morgan fingerprint density at radius 3 is 2.08 bits per heavy atom. The van der Waals surface area contributed by atoms with Gasteiger partial charge in [0, 0.05) is 23.1 Å². The van der Waals surface area contributed by atoms with Crippen molar-refractivity contribution in [3.05, 3.63) is 119 Å². The molecular formula is C28H24N4O5. The van der Waals surface area contributed by atoms with Gasteiger partial charge in [0.25, 0.3) is 11.8 Å². The van der Waals surface area contributed by atoms with E-state index >= 15 is 0 Å². The van der Waals surface area contributed by atoms with Crippen LogP contribution in [0.25, 0.3) is 0 Å². The Balaban J connectivity index is 1.41. The van der Waals surface area contributed by atoms with E-state index in [2.05, 4.69) is 16.0 Å². The fourth-order valence-electron chi connectivity index (χ4n) is 3.50. The molecule has 1 atom stereocenters. The zero-order chi connectivity index (χ0) is 26.2. The van der Waals surface area contributed by atoms with E-state index in [0.29, 0.717) is 5.69 Å². The summed E-state index contributed by atoms with van der Waals surface area (Å²) in [5.41, 5.74) is 2.68. The second-order valence-corrected chi connectivity index (χ2v) is 8.04. The standard InChI is InChI=1S/C28H24N4O5/c1-19(37-26-14-8-7-13-25(26)32(35)36)27(33)31-24-12-6-5-11-23(24)28(34)30-22-17-15-21(16-18-22)29-20-9-3-2-4-10-20/h2-19,29H,1H3,(H,30,34)(H,31,33). The average Bonchev–Trinajstić information content (AvgIpc) is 2.91. The van der Waals surface area contributed by atoms with Gasteiger partial charge in [-0.1, -0.05) is 42.5 Å². The lowest BCUT2D eigenvalue weighted by atomic mass is 10.1. The van der Waals surface area contributed by atoms with E-state index in [-0.39, 0.29) is 22.7 Å². The molecule has 4 rings (SSSR count). The predicted molar refractivity (Wildman–Crippen MR) is 142 cm³/mol. The van der Waals surface area contributed by atoms with Crippen molar-refractivity contribution >= 4 is 40.3 Å². The molecule has 186 valence electrons. The molecular weight excluding hydrogens is 472 g/mol. The number of para-hydroxylation sites is 4. The van der Waals surface area contributed by atoms with Crippen LogP contribution in [-0.4, -0.2) is 22.8 Å². The molecule has 4 aromatic rings. The van der Waals surface area contributed by atoms with Gasteiger partial charge < -0.3 is 20.7 Å². The maximum Gasteiger partial charge on any atom is 0.310 e. The highest BCUT2D eigenvalue weighted by Gasteiger charge is 2.22. The largest absolute Gasteiger partial charge is 0.474 e. The minimum absolute atomic E-state index is 0.0219. The first-order chi connectivity index (χ1) is 17.9. The smallest absolute Gasteiger partial charge is 0.310 e. The third kappa shape index (κ3) is 6.49. The van der Waals surface area contributed by atoms with Gasteiger partial charge in [-0.15, -0.1) is 0 Å². The Hall–Kier alpha value is -5.18. The minimum atomic E-state index is -1.05. The summed E-state index contributed by atoms with van der Waals surface area (Å²) in [6.07, 6.45) is -1.05. The van der Waals surface area contributed by atoms with Gasteiger partial charge >= 0.3 is 5.69 Å². The Labute approximate surface area is 213 Å². The molecule has 0 fully saturated rings. The third-order valence-electron chi connectivity index (χ3n) is 5.37. The molecule has 1 unspecified atom stereocenters. The van der Waals surface area contributed by atoms with Crippen molar-refractivity contribution in [2.24, 2.45) is 0 Å². The summed E-state index contributed by atoms with van der Waals surface area (Å²) >= 11 is 0. The lowest BCUT2D eigenvalue weighted by Crippen LogP contribution is -2.31. The fourth-order valence-corrected chi connectivity index (χ4v) is 3.50. The Bertz CT molecular complexity index is 1410. The molecule has 2 amide bonds. The molecule has 0 spiro atoms. The molecule has 0 aliphatic rings. The number of nitrogens with one attached hydrogen (secondary N) is 3. The van der Waals surface area contributed by atoms with Crippen molar-refractivity contribution in [3.63, 3.8) is 0 Å². The number of carbonyl (C=O) groups excluding carboxylic acids is 2. The van der Waals surface area contributed by atoms with Crippen LogP contribution < -0.4 is 20.7 Å². The average molecular weight is 497 g/mol. The van der Waals surface area contributed by atoms with Crippen molar-refractivity contribution in [2.75, 3.05) is 16.0 Å². The SMILES string of the molecule is CC(Oc1ccccc1[N+](=O)[O-])C(=O)Nc1ccccc1C(=O)Nc1ccc(Nc2ccccc2)cc1. The van der Waals surface area contributed by atoms with E-state index in [4.69, 9.17) is 4.74 Å². The monoisotopic (exact) mass is 496 g/mol. The van der Waals surface area contributed by atoms with E-state index in [1.807, 2.05) is 42.5 Å². The number of rotatable bonds is 9. The molecule has 9 heteroatoms. The first kappa shape index (κ1) is 24.9. The lowest BCUT2D eigenvalue weighted by molar-refractivity contribution is -0.386. The summed E-state index contributed by atoms with van der Waals surface area (Å²) < 4.78 is 5.53. The van der Waals surface area contributed by atoms with Crippen LogP contribution in [0.5, 0.6) is 5.75 Å². The molecule has 37 heavy (non-hydrogen) atoms. The Morgan fingerprint density at radius 1 is 0.757 bits per heavy atom. The number of nitro groups is 1. The van der Waals surface area contributed by atoms with Gasteiger partial charge in [0.15, 0.2) is 11.9 Å². The number of ether oxygens (including phenoxy) is 1. The molecule has 0 aliphatic heterocycles. The van der Waals surface area contributed by atoms with Gasteiger partial charge in [0.2, 0.25) is 0 Å². The van der Waals surface area contributed by atoms with Crippen LogP contribution in [0.4, 0.5) is 28.4 Å². The quantitative estimate of drug-likeness (QED) is 0.193. The third-order valence-corrected chi connectivity index (χ3v) is 5.37. The number of amides is 2. The van der Waals surface area contributed by atoms with E-state index in [1.54, 1.807) is 42.5 Å². The van der Waals surface area contributed by atoms with Gasteiger partial charge in [-0.3, -0.25) is 19.7 Å². The number of benzene rings is 4. The van der Waals surface area contributed by atoms with Gasteiger partial charge in [-0.2, -0.15) is 0 Å². The van der Waals surface area contributed by atoms with Crippen LogP contribution >= 0.6 is 0 Å². The Morgan fingerprint density at radius 2 is 1.35 bits per heavy atom. The van der Waals surface area contributed by atoms with Crippen molar-refractivity contribution < 1.29 is 19.2 Å². The highest BCUT2D eigenvalue weighted by atomic mass is 16.6. The molecule has 0 aromatic heterocycles. The van der Waals surface area contributed by atoms with Crippen LogP contribution in [0.3, 0.4) is 0 Å². The summed E-state index contributed by atoms with van der Waals surface area (Å²) in [5, 5.41) is 20.0. The van der Waals surface area contributed by atoms with Crippen molar-refractivity contribution in [1.82, 2.24) is 0 Å². The van der Waals surface area contributed by atoms with Crippen LogP contribution in [0, 0.1) is 10.1 Å². The summed E-state index contributed by atoms with van der Waals surface area (Å²) in [6, 6.07) is 29.3. The highest BCUT2D eigenvalue weighted by Crippen LogP contribution is 2.27. The van der Waals surface area contributed by atoms with E-state index in [9.17, 15) is 19.7 Å². The maximum atomic E-state index is 13.0. The predicted octanol–water partition coefficient (Wildman–Crippen LogP) is 6.00. The van der Waals surface area contributed by atoms with Gasteiger partial charge in [0.1, 0.15) is 0 Å². The van der Waals surface area contributed by atoms with Gasteiger partial charge in [-0.25, -0.2) is 0 Å². The summed E-state index contributed by atoms with van der Waals surface area (Å²) in [5.74, 6) is -0.993. The number of nitrogens with zero attached hydrogens (tertiary/aromatic N) is 1. The van der Waals surface area contributed by atoms with E-state index in [0.717, 1.165) is 11.4 Å².